The van der Waals surface area contributed by atoms with Crippen molar-refractivity contribution >= 4 is 23.2 Å². The van der Waals surface area contributed by atoms with Crippen LogP contribution in [0.4, 0.5) is 0 Å². The number of rotatable bonds is 0. The van der Waals surface area contributed by atoms with Gasteiger partial charge in [0.05, 0.1) is 0 Å². The zero-order valence-electron chi connectivity index (χ0n) is 5.07. The SMILES string of the molecule is Clc1c[c-]ccc1Cl.[Cl-].[Zn+2]. The van der Waals surface area contributed by atoms with Crippen molar-refractivity contribution in [3.05, 3.63) is 34.3 Å². The van der Waals surface area contributed by atoms with Gasteiger partial charge in [0.2, 0.25) is 0 Å². The summed E-state index contributed by atoms with van der Waals surface area (Å²) in [5.74, 6) is 0. The Kier molecular flexibility index (Phi) is 8.55. The van der Waals surface area contributed by atoms with Crippen molar-refractivity contribution in [3.63, 3.8) is 0 Å². The van der Waals surface area contributed by atoms with Gasteiger partial charge in [0.1, 0.15) is 0 Å². The maximum atomic E-state index is 5.56. The Labute approximate surface area is 89.1 Å². The summed E-state index contributed by atoms with van der Waals surface area (Å²) in [5.41, 5.74) is 0. The van der Waals surface area contributed by atoms with Crippen LogP contribution in [0.5, 0.6) is 0 Å². The van der Waals surface area contributed by atoms with Gasteiger partial charge in [0, 0.05) is 0 Å². The topological polar surface area (TPSA) is 0 Å². The van der Waals surface area contributed by atoms with Gasteiger partial charge >= 0.3 is 19.5 Å². The monoisotopic (exact) mass is 244 g/mol. The zero-order valence-corrected chi connectivity index (χ0v) is 10.3. The quantitative estimate of drug-likeness (QED) is 0.439. The third kappa shape index (κ3) is 3.78. The van der Waals surface area contributed by atoms with E-state index in [1.807, 2.05) is 0 Å². The average molecular weight is 247 g/mol. The molecule has 1 aromatic rings. The van der Waals surface area contributed by atoms with Gasteiger partial charge in [0.15, 0.2) is 0 Å². The van der Waals surface area contributed by atoms with Crippen LogP contribution >= 0.6 is 23.2 Å². The zero-order chi connectivity index (χ0) is 5.98. The molecule has 0 amide bonds. The van der Waals surface area contributed by atoms with Crippen molar-refractivity contribution in [1.82, 2.24) is 0 Å². The van der Waals surface area contributed by atoms with Crippen LogP contribution in [0, 0.1) is 6.07 Å². The van der Waals surface area contributed by atoms with E-state index in [9.17, 15) is 0 Å². The Morgan fingerprint density at radius 1 is 1.20 bits per heavy atom. The Hall–Kier alpha value is 0.713. The van der Waals surface area contributed by atoms with E-state index in [0.29, 0.717) is 10.0 Å². The first-order valence-electron chi connectivity index (χ1n) is 2.12. The Bertz CT molecular complexity index is 169. The third-order valence-electron chi connectivity index (χ3n) is 0.764. The number of halogens is 3. The van der Waals surface area contributed by atoms with Gasteiger partial charge in [-0.15, -0.1) is 11.6 Å². The molecular weight excluding hydrogens is 244 g/mol. The number of benzene rings is 1. The van der Waals surface area contributed by atoms with Crippen molar-refractivity contribution in [1.29, 1.82) is 0 Å². The van der Waals surface area contributed by atoms with Gasteiger partial charge in [-0.05, 0) is 0 Å². The van der Waals surface area contributed by atoms with Gasteiger partial charge < -0.3 is 12.4 Å². The molecule has 0 heterocycles. The van der Waals surface area contributed by atoms with Gasteiger partial charge in [-0.3, -0.25) is 0 Å². The molecule has 0 bridgehead atoms. The summed E-state index contributed by atoms with van der Waals surface area (Å²) >= 11 is 11.1. The first kappa shape index (κ1) is 13.3. The first-order valence-corrected chi connectivity index (χ1v) is 2.87. The second-order valence-corrected chi connectivity index (χ2v) is 2.15. The van der Waals surface area contributed by atoms with E-state index in [1.165, 1.54) is 0 Å². The van der Waals surface area contributed by atoms with Crippen LogP contribution < -0.4 is 12.4 Å². The van der Waals surface area contributed by atoms with Crippen LogP contribution in [0.1, 0.15) is 0 Å². The van der Waals surface area contributed by atoms with Crippen LogP contribution in [0.15, 0.2) is 18.2 Å². The van der Waals surface area contributed by atoms with E-state index in [0.717, 1.165) is 0 Å². The second kappa shape index (κ2) is 6.43. The molecule has 0 aromatic heterocycles. The first-order chi connectivity index (χ1) is 3.80. The summed E-state index contributed by atoms with van der Waals surface area (Å²) in [4.78, 5) is 0. The molecule has 0 nitrogen and oxygen atoms in total. The van der Waals surface area contributed by atoms with E-state index in [-0.39, 0.29) is 31.9 Å². The average Bonchev–Trinajstić information content (AvgIpc) is 1.77. The van der Waals surface area contributed by atoms with E-state index >= 15 is 0 Å². The van der Waals surface area contributed by atoms with E-state index in [1.54, 1.807) is 18.2 Å². The molecule has 0 spiro atoms. The summed E-state index contributed by atoms with van der Waals surface area (Å²) in [5, 5.41) is 1.12. The third-order valence-corrected chi connectivity index (χ3v) is 1.50. The fraction of sp³-hybridized carbons (Fsp3) is 0. The van der Waals surface area contributed by atoms with E-state index in [2.05, 4.69) is 6.07 Å². The number of hydrogen-bond donors (Lipinski definition) is 0. The second-order valence-electron chi connectivity index (χ2n) is 1.34. The largest absolute Gasteiger partial charge is 2.00 e. The molecule has 0 aliphatic heterocycles. The predicted octanol–water partition coefficient (Wildman–Crippen LogP) is -0.205. The normalized spacial score (nSPS) is 7.40. The van der Waals surface area contributed by atoms with Crippen LogP contribution in [0.25, 0.3) is 0 Å². The molecule has 0 atom stereocenters. The van der Waals surface area contributed by atoms with Crippen LogP contribution in [0.2, 0.25) is 10.0 Å². The molecule has 0 saturated heterocycles. The summed E-state index contributed by atoms with van der Waals surface area (Å²) in [6.45, 7) is 0. The molecule has 0 fully saturated rings. The van der Waals surface area contributed by atoms with Crippen LogP contribution in [-0.4, -0.2) is 0 Å². The van der Waals surface area contributed by atoms with E-state index in [4.69, 9.17) is 23.2 Å². The molecular formula is C6H3Cl3Zn. The molecule has 1 rings (SSSR count). The minimum atomic E-state index is 0. The van der Waals surface area contributed by atoms with Crippen LogP contribution in [-0.2, 0) is 19.5 Å². The molecule has 50 valence electrons. The molecule has 10 heavy (non-hydrogen) atoms. The maximum Gasteiger partial charge on any atom is 2.00 e. The van der Waals surface area contributed by atoms with Crippen molar-refractivity contribution in [3.8, 4) is 0 Å². The fourth-order valence-corrected chi connectivity index (χ4v) is 0.635. The fourth-order valence-electron chi connectivity index (χ4n) is 0.391. The summed E-state index contributed by atoms with van der Waals surface area (Å²) < 4.78 is 0. The molecule has 0 aliphatic rings. The molecule has 0 radical (unpaired) electrons. The number of hydrogen-bond acceptors (Lipinski definition) is 0. The van der Waals surface area contributed by atoms with Crippen molar-refractivity contribution < 1.29 is 31.9 Å². The summed E-state index contributed by atoms with van der Waals surface area (Å²) in [7, 11) is 0. The summed E-state index contributed by atoms with van der Waals surface area (Å²) in [6.07, 6.45) is 0. The summed E-state index contributed by atoms with van der Waals surface area (Å²) in [6, 6.07) is 7.83. The maximum absolute atomic E-state index is 5.56. The molecule has 0 unspecified atom stereocenters. The van der Waals surface area contributed by atoms with Gasteiger partial charge in [-0.2, -0.15) is 35.9 Å². The van der Waals surface area contributed by atoms with Crippen LogP contribution in [0.3, 0.4) is 0 Å². The van der Waals surface area contributed by atoms with Crippen molar-refractivity contribution in [2.24, 2.45) is 0 Å². The van der Waals surface area contributed by atoms with E-state index < -0.39 is 0 Å². The van der Waals surface area contributed by atoms with Crippen molar-refractivity contribution in [2.75, 3.05) is 0 Å². The smallest absolute Gasteiger partial charge is 1.00 e. The van der Waals surface area contributed by atoms with Gasteiger partial charge in [0.25, 0.3) is 0 Å². The molecule has 0 N–H and O–H groups in total. The predicted molar refractivity (Wildman–Crippen MR) is 35.3 cm³/mol. The van der Waals surface area contributed by atoms with Gasteiger partial charge in [-0.25, -0.2) is 0 Å². The Balaban J connectivity index is 0. The van der Waals surface area contributed by atoms with Gasteiger partial charge in [-0.1, -0.05) is 10.0 Å². The Morgan fingerprint density at radius 3 is 2.10 bits per heavy atom. The Morgan fingerprint density at radius 2 is 1.80 bits per heavy atom. The minimum Gasteiger partial charge on any atom is -1.00 e. The van der Waals surface area contributed by atoms with Crippen molar-refractivity contribution in [2.45, 2.75) is 0 Å². The standard InChI is InChI=1S/C6H3Cl2.ClH.Zn/c7-5-3-1-2-4-6(5)8;;/h1,3-4H;1H;/q-1;;+2/p-1. The molecule has 1 aromatic carbocycles. The minimum absolute atomic E-state index is 0. The molecule has 4 heteroatoms. The molecule has 0 saturated carbocycles. The molecule has 0 aliphatic carbocycles.